The van der Waals surface area contributed by atoms with Gasteiger partial charge in [-0.05, 0) is 36.0 Å². The maximum atomic E-state index is 12.8. The van der Waals surface area contributed by atoms with E-state index in [-0.39, 0.29) is 11.6 Å². The van der Waals surface area contributed by atoms with Crippen LogP contribution in [0.1, 0.15) is 54.7 Å². The number of amides is 1. The number of nitrogens with one attached hydrogen (secondary N) is 1. The average molecular weight is 352 g/mol. The SMILES string of the molecule is CC(C)CC(C)c1ccccc1NC(=O)c1cc(C(F)(F)F)cn1C. The highest BCUT2D eigenvalue weighted by Gasteiger charge is 2.33. The minimum absolute atomic E-state index is 0.0290. The molecule has 0 aliphatic heterocycles. The minimum Gasteiger partial charge on any atom is -0.346 e. The summed E-state index contributed by atoms with van der Waals surface area (Å²) in [7, 11) is 1.43. The Morgan fingerprint density at radius 2 is 1.84 bits per heavy atom. The fourth-order valence-corrected chi connectivity index (χ4v) is 3.01. The molecular weight excluding hydrogens is 329 g/mol. The van der Waals surface area contributed by atoms with Crippen LogP contribution in [0.2, 0.25) is 0 Å². The fraction of sp³-hybridized carbons (Fsp3) is 0.421. The van der Waals surface area contributed by atoms with Gasteiger partial charge < -0.3 is 9.88 Å². The largest absolute Gasteiger partial charge is 0.417 e. The van der Waals surface area contributed by atoms with Gasteiger partial charge in [-0.3, -0.25) is 4.79 Å². The zero-order valence-electron chi connectivity index (χ0n) is 14.8. The van der Waals surface area contributed by atoms with Crippen molar-refractivity contribution in [2.24, 2.45) is 13.0 Å². The highest BCUT2D eigenvalue weighted by Crippen LogP contribution is 2.32. The molecule has 6 heteroatoms. The number of halogens is 3. The molecular formula is C19H23F3N2O. The van der Waals surface area contributed by atoms with E-state index in [0.29, 0.717) is 11.6 Å². The Morgan fingerprint density at radius 1 is 1.20 bits per heavy atom. The van der Waals surface area contributed by atoms with E-state index in [1.165, 1.54) is 11.6 Å². The standard InChI is InChI=1S/C19H23F3N2O/c1-12(2)9-13(3)15-7-5-6-8-16(15)23-18(25)17-10-14(11-24(17)4)19(20,21)22/h5-8,10-13H,9H2,1-4H3,(H,23,25). The molecule has 1 unspecified atom stereocenters. The summed E-state index contributed by atoms with van der Waals surface area (Å²) in [4.78, 5) is 12.5. The lowest BCUT2D eigenvalue weighted by Gasteiger charge is -2.18. The third-order valence-electron chi connectivity index (χ3n) is 4.13. The second-order valence-corrected chi connectivity index (χ2v) is 6.79. The molecule has 1 amide bonds. The van der Waals surface area contributed by atoms with Crippen LogP contribution in [-0.2, 0) is 13.2 Å². The number of para-hydroxylation sites is 1. The van der Waals surface area contributed by atoms with Gasteiger partial charge in [-0.1, -0.05) is 39.0 Å². The Bertz CT molecular complexity index is 747. The van der Waals surface area contributed by atoms with Crippen molar-refractivity contribution in [3.63, 3.8) is 0 Å². The van der Waals surface area contributed by atoms with Crippen LogP contribution in [0.4, 0.5) is 18.9 Å². The monoisotopic (exact) mass is 352 g/mol. The first-order valence-electron chi connectivity index (χ1n) is 8.23. The van der Waals surface area contributed by atoms with E-state index in [1.54, 1.807) is 12.1 Å². The maximum Gasteiger partial charge on any atom is 0.417 e. The van der Waals surface area contributed by atoms with Crippen LogP contribution in [0.15, 0.2) is 36.5 Å². The molecule has 2 rings (SSSR count). The van der Waals surface area contributed by atoms with Gasteiger partial charge in [0.2, 0.25) is 0 Å². The van der Waals surface area contributed by atoms with Gasteiger partial charge >= 0.3 is 6.18 Å². The van der Waals surface area contributed by atoms with Gasteiger partial charge in [0.15, 0.2) is 0 Å². The molecule has 1 aromatic carbocycles. The van der Waals surface area contributed by atoms with Crippen molar-refractivity contribution in [3.8, 4) is 0 Å². The Kier molecular flexibility index (Phi) is 5.60. The van der Waals surface area contributed by atoms with Crippen molar-refractivity contribution in [2.75, 3.05) is 5.32 Å². The van der Waals surface area contributed by atoms with Gasteiger partial charge in [0.1, 0.15) is 5.69 Å². The predicted molar refractivity (Wildman–Crippen MR) is 92.7 cm³/mol. The smallest absolute Gasteiger partial charge is 0.346 e. The van der Waals surface area contributed by atoms with Gasteiger partial charge in [0.05, 0.1) is 5.56 Å². The zero-order chi connectivity index (χ0) is 18.8. The Hall–Kier alpha value is -2.24. The van der Waals surface area contributed by atoms with Crippen LogP contribution in [-0.4, -0.2) is 10.5 Å². The Labute approximate surface area is 145 Å². The molecule has 1 heterocycles. The third kappa shape index (κ3) is 4.65. The maximum absolute atomic E-state index is 12.8. The van der Waals surface area contributed by atoms with Crippen LogP contribution in [0.25, 0.3) is 0 Å². The normalized spacial score (nSPS) is 13.1. The number of carbonyl (C=O) groups excluding carboxylic acids is 1. The first-order valence-corrected chi connectivity index (χ1v) is 8.23. The van der Waals surface area contributed by atoms with Crippen LogP contribution in [0.3, 0.4) is 0 Å². The van der Waals surface area contributed by atoms with E-state index in [2.05, 4.69) is 26.1 Å². The number of aryl methyl sites for hydroxylation is 1. The summed E-state index contributed by atoms with van der Waals surface area (Å²) in [5.41, 5.74) is 0.755. The van der Waals surface area contributed by atoms with Gasteiger partial charge in [0.25, 0.3) is 5.91 Å². The number of aromatic nitrogens is 1. The number of anilines is 1. The van der Waals surface area contributed by atoms with Crippen molar-refractivity contribution in [1.29, 1.82) is 0 Å². The number of alkyl halides is 3. The van der Waals surface area contributed by atoms with Crippen molar-refractivity contribution in [1.82, 2.24) is 4.57 Å². The fourth-order valence-electron chi connectivity index (χ4n) is 3.01. The van der Waals surface area contributed by atoms with Gasteiger partial charge in [-0.15, -0.1) is 0 Å². The second-order valence-electron chi connectivity index (χ2n) is 6.79. The van der Waals surface area contributed by atoms with E-state index in [0.717, 1.165) is 24.2 Å². The van der Waals surface area contributed by atoms with Gasteiger partial charge in [0, 0.05) is 18.9 Å². The summed E-state index contributed by atoms with van der Waals surface area (Å²) in [6.45, 7) is 6.33. The molecule has 0 aliphatic carbocycles. The molecule has 0 radical (unpaired) electrons. The lowest BCUT2D eigenvalue weighted by atomic mass is 9.91. The van der Waals surface area contributed by atoms with Crippen molar-refractivity contribution in [3.05, 3.63) is 53.3 Å². The van der Waals surface area contributed by atoms with E-state index in [4.69, 9.17) is 0 Å². The van der Waals surface area contributed by atoms with Crippen LogP contribution in [0, 0.1) is 5.92 Å². The zero-order valence-corrected chi connectivity index (χ0v) is 14.8. The molecule has 1 N–H and O–H groups in total. The molecule has 0 aliphatic rings. The topological polar surface area (TPSA) is 34.0 Å². The molecule has 136 valence electrons. The van der Waals surface area contributed by atoms with Crippen LogP contribution < -0.4 is 5.32 Å². The van der Waals surface area contributed by atoms with Crippen molar-refractivity contribution in [2.45, 2.75) is 39.3 Å². The number of hydrogen-bond acceptors (Lipinski definition) is 1. The van der Waals surface area contributed by atoms with Crippen LogP contribution >= 0.6 is 0 Å². The Balaban J connectivity index is 2.26. The molecule has 1 aromatic heterocycles. The summed E-state index contributed by atoms with van der Waals surface area (Å²) in [5.74, 6) is 0.179. The third-order valence-corrected chi connectivity index (χ3v) is 4.13. The van der Waals surface area contributed by atoms with E-state index in [9.17, 15) is 18.0 Å². The summed E-state index contributed by atoms with van der Waals surface area (Å²) in [5, 5.41) is 2.76. The molecule has 25 heavy (non-hydrogen) atoms. The summed E-state index contributed by atoms with van der Waals surface area (Å²) >= 11 is 0. The number of nitrogens with zero attached hydrogens (tertiary/aromatic N) is 1. The highest BCUT2D eigenvalue weighted by molar-refractivity contribution is 6.03. The number of rotatable bonds is 5. The molecule has 0 fully saturated rings. The van der Waals surface area contributed by atoms with E-state index >= 15 is 0 Å². The second kappa shape index (κ2) is 7.33. The predicted octanol–water partition coefficient (Wildman–Crippen LogP) is 5.45. The number of carbonyl (C=O) groups is 1. The number of hydrogen-bond donors (Lipinski definition) is 1. The van der Waals surface area contributed by atoms with E-state index < -0.39 is 17.6 Å². The molecule has 3 nitrogen and oxygen atoms in total. The van der Waals surface area contributed by atoms with Crippen molar-refractivity contribution < 1.29 is 18.0 Å². The van der Waals surface area contributed by atoms with Gasteiger partial charge in [-0.2, -0.15) is 13.2 Å². The Morgan fingerprint density at radius 3 is 2.40 bits per heavy atom. The molecule has 0 saturated carbocycles. The molecule has 0 saturated heterocycles. The van der Waals surface area contributed by atoms with E-state index in [1.807, 2.05) is 12.1 Å². The first-order chi connectivity index (χ1) is 11.6. The minimum atomic E-state index is -4.47. The molecule has 2 aromatic rings. The number of benzene rings is 1. The van der Waals surface area contributed by atoms with Gasteiger partial charge in [-0.25, -0.2) is 0 Å². The lowest BCUT2D eigenvalue weighted by molar-refractivity contribution is -0.137. The lowest BCUT2D eigenvalue weighted by Crippen LogP contribution is -2.17. The average Bonchev–Trinajstić information content (AvgIpc) is 2.89. The quantitative estimate of drug-likeness (QED) is 0.763. The highest BCUT2D eigenvalue weighted by atomic mass is 19.4. The molecule has 1 atom stereocenters. The summed E-state index contributed by atoms with van der Waals surface area (Å²) in [6.07, 6.45) is -2.60. The first kappa shape index (κ1) is 19.1. The summed E-state index contributed by atoms with van der Waals surface area (Å²) < 4.78 is 39.6. The van der Waals surface area contributed by atoms with Crippen molar-refractivity contribution >= 4 is 11.6 Å². The molecule has 0 spiro atoms. The van der Waals surface area contributed by atoms with Crippen LogP contribution in [0.5, 0.6) is 0 Å². The summed E-state index contributed by atoms with van der Waals surface area (Å²) in [6, 6.07) is 8.28. The molecule has 0 bridgehead atoms.